The average molecular weight is 260 g/mol. The number of thioether (sulfide) groups is 1. The minimum absolute atomic E-state index is 0.340. The molecule has 0 radical (unpaired) electrons. The lowest BCUT2D eigenvalue weighted by Gasteiger charge is -2.36. The van der Waals surface area contributed by atoms with Crippen LogP contribution in [-0.4, -0.2) is 71.1 Å². The summed E-state index contributed by atoms with van der Waals surface area (Å²) in [6.45, 7) is 8.90. The normalized spacial score (nSPS) is 20.4. The van der Waals surface area contributed by atoms with Crippen LogP contribution >= 0.6 is 11.8 Å². The Balaban J connectivity index is 2.15. The van der Waals surface area contributed by atoms with Crippen LogP contribution in [0.3, 0.4) is 0 Å². The van der Waals surface area contributed by atoms with Crippen molar-refractivity contribution in [2.75, 3.05) is 44.2 Å². The first-order valence-electron chi connectivity index (χ1n) is 6.42. The summed E-state index contributed by atoms with van der Waals surface area (Å²) in [4.78, 5) is 15.4. The highest BCUT2D eigenvalue weighted by molar-refractivity contribution is 7.99. The van der Waals surface area contributed by atoms with Crippen molar-refractivity contribution in [1.29, 1.82) is 0 Å². The van der Waals surface area contributed by atoms with Crippen LogP contribution in [0.25, 0.3) is 0 Å². The molecule has 17 heavy (non-hydrogen) atoms. The topological polar surface area (TPSA) is 43.8 Å². The van der Waals surface area contributed by atoms with Crippen molar-refractivity contribution >= 4 is 17.7 Å². The molecule has 1 unspecified atom stereocenters. The van der Waals surface area contributed by atoms with Gasteiger partial charge < -0.3 is 10.0 Å². The predicted octanol–water partition coefficient (Wildman–Crippen LogP) is 1.22. The summed E-state index contributed by atoms with van der Waals surface area (Å²) in [5.74, 6) is 1.73. The summed E-state index contributed by atoms with van der Waals surface area (Å²) in [6, 6.07) is -0.340. The van der Waals surface area contributed by atoms with Crippen molar-refractivity contribution in [1.82, 2.24) is 9.80 Å². The Kier molecular flexibility index (Phi) is 6.92. The molecule has 0 aliphatic carbocycles. The minimum Gasteiger partial charge on any atom is -0.480 e. The molecule has 0 aromatic carbocycles. The largest absolute Gasteiger partial charge is 0.480 e. The summed E-state index contributed by atoms with van der Waals surface area (Å²) < 4.78 is 0. The number of nitrogens with zero attached hydrogens (tertiary/aromatic N) is 2. The van der Waals surface area contributed by atoms with Crippen molar-refractivity contribution < 1.29 is 9.90 Å². The molecular formula is C12H24N2O2S. The van der Waals surface area contributed by atoms with Crippen molar-refractivity contribution in [2.45, 2.75) is 26.3 Å². The first-order valence-corrected chi connectivity index (χ1v) is 7.57. The molecule has 1 aliphatic rings. The van der Waals surface area contributed by atoms with Gasteiger partial charge in [-0.05, 0) is 31.4 Å². The number of hydrogen-bond acceptors (Lipinski definition) is 4. The summed E-state index contributed by atoms with van der Waals surface area (Å²) in [7, 11) is 0. The highest BCUT2D eigenvalue weighted by atomic mass is 32.2. The van der Waals surface area contributed by atoms with E-state index in [0.717, 1.165) is 32.7 Å². The molecular weight excluding hydrogens is 236 g/mol. The van der Waals surface area contributed by atoms with Crippen LogP contribution < -0.4 is 0 Å². The lowest BCUT2D eigenvalue weighted by Crippen LogP contribution is -2.51. The quantitative estimate of drug-likeness (QED) is 0.697. The summed E-state index contributed by atoms with van der Waals surface area (Å²) in [5.41, 5.74) is 0. The molecule has 0 aromatic heterocycles. The molecule has 1 heterocycles. The molecule has 0 spiro atoms. The van der Waals surface area contributed by atoms with Gasteiger partial charge in [0.25, 0.3) is 0 Å². The highest BCUT2D eigenvalue weighted by Gasteiger charge is 2.24. The maximum Gasteiger partial charge on any atom is 0.320 e. The van der Waals surface area contributed by atoms with E-state index in [4.69, 9.17) is 5.11 Å². The second-order valence-electron chi connectivity index (χ2n) is 4.44. The Bertz CT molecular complexity index is 231. The number of aliphatic carboxylic acids is 1. The fraction of sp³-hybridized carbons (Fsp3) is 0.917. The van der Waals surface area contributed by atoms with E-state index in [1.807, 2.05) is 11.8 Å². The third-order valence-electron chi connectivity index (χ3n) is 3.28. The number of piperazine rings is 1. The van der Waals surface area contributed by atoms with Crippen LogP contribution in [0, 0.1) is 0 Å². The smallest absolute Gasteiger partial charge is 0.320 e. The molecule has 100 valence electrons. The molecule has 1 rings (SSSR count). The lowest BCUT2D eigenvalue weighted by molar-refractivity contribution is -0.143. The van der Waals surface area contributed by atoms with Gasteiger partial charge in [0, 0.05) is 26.2 Å². The van der Waals surface area contributed by atoms with Crippen molar-refractivity contribution in [3.8, 4) is 0 Å². The van der Waals surface area contributed by atoms with Gasteiger partial charge in [-0.1, -0.05) is 6.92 Å². The molecule has 0 bridgehead atoms. The maximum atomic E-state index is 10.9. The van der Waals surface area contributed by atoms with E-state index in [1.54, 1.807) is 6.92 Å². The van der Waals surface area contributed by atoms with Gasteiger partial charge in [0.2, 0.25) is 0 Å². The predicted molar refractivity (Wildman–Crippen MR) is 72.7 cm³/mol. The molecule has 0 saturated carbocycles. The van der Waals surface area contributed by atoms with Crippen molar-refractivity contribution in [2.24, 2.45) is 0 Å². The third kappa shape index (κ3) is 5.27. The Labute approximate surface area is 108 Å². The van der Waals surface area contributed by atoms with Crippen LogP contribution in [0.1, 0.15) is 20.3 Å². The van der Waals surface area contributed by atoms with Crippen molar-refractivity contribution in [3.05, 3.63) is 0 Å². The fourth-order valence-corrected chi connectivity index (χ4v) is 2.69. The number of carboxylic acid groups (broad SMARTS) is 1. The Morgan fingerprint density at radius 2 is 2.00 bits per heavy atom. The van der Waals surface area contributed by atoms with Crippen LogP contribution in [0.2, 0.25) is 0 Å². The van der Waals surface area contributed by atoms with Crippen LogP contribution in [-0.2, 0) is 4.79 Å². The van der Waals surface area contributed by atoms with Gasteiger partial charge in [-0.3, -0.25) is 9.69 Å². The number of rotatable bonds is 7. The Morgan fingerprint density at radius 1 is 1.35 bits per heavy atom. The Hall–Kier alpha value is -0.260. The highest BCUT2D eigenvalue weighted by Crippen LogP contribution is 2.08. The average Bonchev–Trinajstić information content (AvgIpc) is 2.34. The Morgan fingerprint density at radius 3 is 2.53 bits per heavy atom. The molecule has 1 aliphatic heterocycles. The second-order valence-corrected chi connectivity index (χ2v) is 5.84. The van der Waals surface area contributed by atoms with Crippen LogP contribution in [0.4, 0.5) is 0 Å². The third-order valence-corrected chi connectivity index (χ3v) is 4.26. The molecule has 1 fully saturated rings. The molecule has 1 N–H and O–H groups in total. The van der Waals surface area contributed by atoms with Gasteiger partial charge >= 0.3 is 5.97 Å². The zero-order valence-electron chi connectivity index (χ0n) is 10.9. The number of hydrogen-bond donors (Lipinski definition) is 1. The fourth-order valence-electron chi connectivity index (χ4n) is 2.06. The van der Waals surface area contributed by atoms with Gasteiger partial charge in [0.15, 0.2) is 0 Å². The zero-order chi connectivity index (χ0) is 12.7. The monoisotopic (exact) mass is 260 g/mol. The van der Waals surface area contributed by atoms with Gasteiger partial charge in [0.1, 0.15) is 6.04 Å². The summed E-state index contributed by atoms with van der Waals surface area (Å²) >= 11 is 1.99. The summed E-state index contributed by atoms with van der Waals surface area (Å²) in [5, 5.41) is 8.94. The minimum atomic E-state index is -0.710. The van der Waals surface area contributed by atoms with E-state index in [1.165, 1.54) is 17.9 Å². The van der Waals surface area contributed by atoms with E-state index < -0.39 is 5.97 Å². The summed E-state index contributed by atoms with van der Waals surface area (Å²) in [6.07, 6.45) is 1.24. The van der Waals surface area contributed by atoms with Gasteiger partial charge in [-0.15, -0.1) is 0 Å². The van der Waals surface area contributed by atoms with Crippen LogP contribution in [0.5, 0.6) is 0 Å². The van der Waals surface area contributed by atoms with E-state index >= 15 is 0 Å². The molecule has 0 aromatic rings. The lowest BCUT2D eigenvalue weighted by atomic mass is 10.2. The molecule has 4 nitrogen and oxygen atoms in total. The zero-order valence-corrected chi connectivity index (χ0v) is 11.7. The van der Waals surface area contributed by atoms with Crippen LogP contribution in [0.15, 0.2) is 0 Å². The SMILES string of the molecule is CCSCCCN1CCN(C(C)C(=O)O)CC1. The number of carbonyl (C=O) groups is 1. The van der Waals surface area contributed by atoms with E-state index in [9.17, 15) is 4.79 Å². The molecule has 1 saturated heterocycles. The van der Waals surface area contributed by atoms with Crippen molar-refractivity contribution in [3.63, 3.8) is 0 Å². The van der Waals surface area contributed by atoms with Gasteiger partial charge in [0.05, 0.1) is 0 Å². The van der Waals surface area contributed by atoms with Gasteiger partial charge in [-0.2, -0.15) is 11.8 Å². The van der Waals surface area contributed by atoms with E-state index in [2.05, 4.69) is 16.7 Å². The first-order chi connectivity index (χ1) is 8.15. The standard InChI is InChI=1S/C12H24N2O2S/c1-3-17-10-4-5-13-6-8-14(9-7-13)11(2)12(15)16/h11H,3-10H2,1-2H3,(H,15,16). The van der Waals surface area contributed by atoms with Gasteiger partial charge in [-0.25, -0.2) is 0 Å². The van der Waals surface area contributed by atoms with E-state index in [0.29, 0.717) is 0 Å². The second kappa shape index (κ2) is 7.95. The molecule has 5 heteroatoms. The first kappa shape index (κ1) is 14.8. The number of carboxylic acids is 1. The molecule has 0 amide bonds. The van der Waals surface area contributed by atoms with E-state index in [-0.39, 0.29) is 6.04 Å². The maximum absolute atomic E-state index is 10.9. The molecule has 1 atom stereocenters.